The Bertz CT molecular complexity index is 2010. The number of rotatable bonds is 12. The van der Waals surface area contributed by atoms with Gasteiger partial charge in [-0.2, -0.15) is 0 Å². The summed E-state index contributed by atoms with van der Waals surface area (Å²) in [4.78, 5) is 62.5. The summed E-state index contributed by atoms with van der Waals surface area (Å²) in [6.45, 7) is -1.33. The van der Waals surface area contributed by atoms with Gasteiger partial charge in [0.05, 0.1) is 30.8 Å². The number of aromatic nitrogens is 3. The lowest BCUT2D eigenvalue weighted by Gasteiger charge is -2.38. The number of hydrogen-bond donors (Lipinski definition) is 8. The van der Waals surface area contributed by atoms with Crippen LogP contribution in [0.3, 0.4) is 0 Å². The van der Waals surface area contributed by atoms with Crippen LogP contribution in [0.2, 0.25) is 0 Å². The highest BCUT2D eigenvalue weighted by Crippen LogP contribution is 2.64. The third-order valence-corrected chi connectivity index (χ3v) is 13.2. The number of H-pyrrole nitrogens is 1. The fraction of sp³-hybridized carbons (Fsp3) is 0.609. The number of phosphoric acid groups is 2. The van der Waals surface area contributed by atoms with Crippen molar-refractivity contribution in [1.29, 1.82) is 0 Å². The Morgan fingerprint density at radius 1 is 1.08 bits per heavy atom. The molecule has 2 aromatic rings. The fourth-order valence-corrected chi connectivity index (χ4v) is 10.2. The fourth-order valence-electron chi connectivity index (χ4n) is 6.20. The zero-order valence-corrected chi connectivity index (χ0v) is 29.8. The van der Waals surface area contributed by atoms with Gasteiger partial charge in [-0.3, -0.25) is 23.2 Å². The molecular weight excluding hydrogens is 783 g/mol. The molecule has 27 nitrogen and oxygen atoms in total. The molecule has 2 saturated heterocycles. The number of aliphatic hydroxyl groups excluding tert-OH is 4. The van der Waals surface area contributed by atoms with Crippen LogP contribution >= 0.6 is 23.2 Å². The van der Waals surface area contributed by atoms with Crippen LogP contribution in [0.15, 0.2) is 33.7 Å². The van der Waals surface area contributed by atoms with Crippen molar-refractivity contribution in [1.82, 2.24) is 29.7 Å². The van der Waals surface area contributed by atoms with Crippen LogP contribution in [-0.2, 0) is 41.1 Å². The molecule has 0 aliphatic carbocycles. The van der Waals surface area contributed by atoms with Gasteiger partial charge in [0, 0.05) is 26.5 Å². The molecule has 0 saturated carbocycles. The number of imidazole rings is 1. The van der Waals surface area contributed by atoms with Gasteiger partial charge in [-0.25, -0.2) is 9.29 Å². The van der Waals surface area contributed by atoms with Crippen molar-refractivity contribution in [3.8, 4) is 0 Å². The van der Waals surface area contributed by atoms with E-state index in [0.717, 1.165) is 18.0 Å². The Labute approximate surface area is 296 Å². The van der Waals surface area contributed by atoms with E-state index in [-0.39, 0.29) is 41.0 Å². The van der Waals surface area contributed by atoms with Crippen molar-refractivity contribution in [3.63, 3.8) is 0 Å². The molecule has 4 aliphatic heterocycles. The summed E-state index contributed by atoms with van der Waals surface area (Å²) in [7, 11) is -16.2. The number of guanidine groups is 1. The van der Waals surface area contributed by atoms with Crippen LogP contribution in [0.4, 0.5) is 5.82 Å². The smallest absolute Gasteiger partial charge is 0.279 e. The summed E-state index contributed by atoms with van der Waals surface area (Å²) in [5.74, 6) is -3.26. The second kappa shape index (κ2) is 14.2. The van der Waals surface area contributed by atoms with Gasteiger partial charge in [0.15, 0.2) is 31.5 Å². The molecule has 0 bridgehead atoms. The summed E-state index contributed by atoms with van der Waals surface area (Å²) in [5.41, 5.74) is 10.7. The van der Waals surface area contributed by atoms with E-state index in [9.17, 15) is 58.7 Å². The highest BCUT2D eigenvalue weighted by atomic mass is 31.3. The molecule has 30 heteroatoms. The zero-order chi connectivity index (χ0) is 38.9. The molecule has 6 rings (SSSR count). The minimum Gasteiger partial charge on any atom is -0.830 e. The Hall–Kier alpha value is -3.04. The number of aliphatic imine (C=N–C) groups is 1. The van der Waals surface area contributed by atoms with E-state index in [1.165, 1.54) is 22.9 Å². The van der Waals surface area contributed by atoms with E-state index in [1.54, 1.807) is 0 Å². The molecule has 0 aromatic carbocycles. The normalized spacial score (nSPS) is 34.4. The minimum atomic E-state index is -6.48. The SMILES string of the molecule is CO[C@H]1C(O)[C@@H](N2CN(C)C3=C2NC(N)=NC3[O-])O[C@H]1C(O)P(=O)([O-])OP(=O)([O-])OP(=O)([O-])OC[C@H]1O[C@@H](n2cnc3c(=O)[nH]c(N)cc32)[C@@H](O)C1O. The van der Waals surface area contributed by atoms with E-state index >= 15 is 0 Å². The van der Waals surface area contributed by atoms with Crippen LogP contribution < -0.4 is 42.1 Å². The number of nitrogens with two attached hydrogens (primary N) is 2. The number of phosphoric ester groups is 1. The maximum atomic E-state index is 12.9. The first kappa shape index (κ1) is 39.6. The average Bonchev–Trinajstić information content (AvgIpc) is 3.77. The van der Waals surface area contributed by atoms with Crippen molar-refractivity contribution in [2.75, 3.05) is 33.2 Å². The second-order valence-corrected chi connectivity index (χ2v) is 17.0. The maximum Gasteiger partial charge on any atom is 0.279 e. The standard InChI is InChI=1S/C23H35N9O18P3/c1-30-6-32(17-11(30)19(37)29-23(25)28-17)21-14(35)15(45-2)16(48-21)22(38)51(39,40)49-53(43,44)50-52(41,42)46-4-8-12(33)13(34)20(47-8)31-5-26-10-7(31)3-9(24)27-18(10)36/h3,5,8,12-16,19-22,33-35,38H,4,6H2,1-2H3,(H,39,40)(H,41,42)(H,43,44)(H3,24,27,36)(H3,25,28,29)/q-1/p-3/t8-,12?,13+,14?,15+,16-,19?,20-,21+,22?/m1/s1. The number of aromatic amines is 1. The average molecular weight is 815 g/mol. The van der Waals surface area contributed by atoms with Crippen LogP contribution in [0.1, 0.15) is 6.23 Å². The molecule has 10 N–H and O–H groups in total. The Morgan fingerprint density at radius 3 is 2.45 bits per heavy atom. The van der Waals surface area contributed by atoms with E-state index < -0.39 is 96.6 Å². The van der Waals surface area contributed by atoms with Crippen LogP contribution in [-0.4, -0.2) is 133 Å². The van der Waals surface area contributed by atoms with Crippen LogP contribution in [0.5, 0.6) is 0 Å². The number of ether oxygens (including phenoxy) is 3. The molecule has 2 aromatic heterocycles. The molecule has 53 heavy (non-hydrogen) atoms. The maximum absolute atomic E-state index is 12.9. The molecule has 6 heterocycles. The van der Waals surface area contributed by atoms with Crippen molar-refractivity contribution in [2.24, 2.45) is 10.7 Å². The lowest BCUT2D eigenvalue weighted by molar-refractivity contribution is -0.407. The van der Waals surface area contributed by atoms with Crippen molar-refractivity contribution < 1.29 is 81.3 Å². The van der Waals surface area contributed by atoms with E-state index in [4.69, 9.17) is 25.7 Å². The largest absolute Gasteiger partial charge is 0.830 e. The van der Waals surface area contributed by atoms with Crippen LogP contribution in [0, 0.1) is 0 Å². The van der Waals surface area contributed by atoms with E-state index in [1.807, 2.05) is 0 Å². The molecule has 4 aliphatic rings. The molecule has 7 unspecified atom stereocenters. The number of hydrogen-bond acceptors (Lipinski definition) is 25. The molecule has 0 radical (unpaired) electrons. The zero-order valence-electron chi connectivity index (χ0n) is 27.1. The predicted octanol–water partition coefficient (Wildman–Crippen LogP) is -7.14. The van der Waals surface area contributed by atoms with Gasteiger partial charge in [0.2, 0.25) is 0 Å². The third kappa shape index (κ3) is 7.50. The monoisotopic (exact) mass is 815 g/mol. The number of fused-ring (bicyclic) bond motifs is 1. The quantitative estimate of drug-likeness (QED) is 0.0923. The van der Waals surface area contributed by atoms with Crippen molar-refractivity contribution >= 4 is 46.1 Å². The molecular formula is C23H32N9O18P3-4. The lowest BCUT2D eigenvalue weighted by atomic mass is 10.1. The topological polar surface area (TPSA) is 413 Å². The first-order chi connectivity index (χ1) is 24.6. The van der Waals surface area contributed by atoms with Crippen LogP contribution in [0.25, 0.3) is 11.0 Å². The number of likely N-dealkylation sites (N-methyl/N-ethyl adjacent to an activating group) is 1. The third-order valence-electron chi connectivity index (χ3n) is 8.51. The molecule has 2 fully saturated rings. The number of nitrogen functional groups attached to an aromatic ring is 1. The number of aliphatic hydroxyl groups is 4. The summed E-state index contributed by atoms with van der Waals surface area (Å²) >= 11 is 0. The Kier molecular flexibility index (Phi) is 10.6. The summed E-state index contributed by atoms with van der Waals surface area (Å²) in [6, 6.07) is 1.27. The summed E-state index contributed by atoms with van der Waals surface area (Å²) in [6.07, 6.45) is -14.5. The van der Waals surface area contributed by atoms with Crippen molar-refractivity contribution in [2.45, 2.75) is 61.2 Å². The van der Waals surface area contributed by atoms with Crippen molar-refractivity contribution in [3.05, 3.63) is 34.3 Å². The number of nitrogens with zero attached hydrogens (tertiary/aromatic N) is 5. The van der Waals surface area contributed by atoms with Gasteiger partial charge in [0.25, 0.3) is 21.2 Å². The summed E-state index contributed by atoms with van der Waals surface area (Å²) in [5, 5.41) is 57.8. The van der Waals surface area contributed by atoms with Gasteiger partial charge >= 0.3 is 0 Å². The van der Waals surface area contributed by atoms with Gasteiger partial charge in [0.1, 0.15) is 54.1 Å². The van der Waals surface area contributed by atoms with E-state index in [2.05, 4.69) is 33.4 Å². The highest BCUT2D eigenvalue weighted by molar-refractivity contribution is 7.67. The van der Waals surface area contributed by atoms with Gasteiger partial charge in [-0.15, -0.1) is 0 Å². The highest BCUT2D eigenvalue weighted by Gasteiger charge is 2.54. The number of anilines is 1. The van der Waals surface area contributed by atoms with E-state index in [0.29, 0.717) is 0 Å². The first-order valence-corrected chi connectivity index (χ1v) is 19.6. The number of nitrogens with one attached hydrogen (secondary N) is 2. The molecule has 0 spiro atoms. The molecule has 0 amide bonds. The predicted molar refractivity (Wildman–Crippen MR) is 163 cm³/mol. The minimum absolute atomic E-state index is 0.0387. The second-order valence-electron chi connectivity index (χ2n) is 12.0. The van der Waals surface area contributed by atoms with Gasteiger partial charge in [-0.1, -0.05) is 0 Å². The molecule has 13 atom stereocenters. The van der Waals surface area contributed by atoms with Gasteiger partial charge < -0.3 is 99.6 Å². The Morgan fingerprint density at radius 2 is 1.77 bits per heavy atom. The first-order valence-electron chi connectivity index (χ1n) is 15.0. The summed E-state index contributed by atoms with van der Waals surface area (Å²) < 4.78 is 67.4. The van der Waals surface area contributed by atoms with Gasteiger partial charge in [-0.05, 0) is 0 Å². The Balaban J connectivity index is 1.09. The molecule has 296 valence electrons. The number of methoxy groups -OCH3 is 1. The lowest BCUT2D eigenvalue weighted by Crippen LogP contribution is -2.49. The number of pyridine rings is 1.